The number of aliphatic hydroxyl groups is 1. The van der Waals surface area contributed by atoms with Gasteiger partial charge in [-0.15, -0.1) is 0 Å². The number of benzene rings is 1. The Bertz CT molecular complexity index is 593. The standard InChI is InChI=1S/C13H19Cl2NO3S2/c1-9(4-5-20-3)16(2)21(18,19)12-7-11(14)6-10(8-17)13(12)15/h6-7,9,17H,4-5,8H2,1-3H3. The minimum atomic E-state index is -3.76. The molecule has 1 rings (SSSR count). The number of nitrogens with zero attached hydrogens (tertiary/aromatic N) is 1. The molecule has 120 valence electrons. The maximum absolute atomic E-state index is 12.7. The van der Waals surface area contributed by atoms with Crippen molar-refractivity contribution in [1.82, 2.24) is 4.31 Å². The Labute approximate surface area is 140 Å². The molecule has 8 heteroatoms. The lowest BCUT2D eigenvalue weighted by atomic mass is 10.2. The Morgan fingerprint density at radius 1 is 1.38 bits per heavy atom. The van der Waals surface area contributed by atoms with E-state index in [-0.39, 0.29) is 27.6 Å². The summed E-state index contributed by atoms with van der Waals surface area (Å²) >= 11 is 13.7. The van der Waals surface area contributed by atoms with E-state index < -0.39 is 10.0 Å². The molecule has 0 aliphatic heterocycles. The highest BCUT2D eigenvalue weighted by atomic mass is 35.5. The molecule has 0 saturated heterocycles. The topological polar surface area (TPSA) is 57.6 Å². The molecule has 0 aliphatic rings. The molecule has 0 saturated carbocycles. The van der Waals surface area contributed by atoms with E-state index in [9.17, 15) is 13.5 Å². The Morgan fingerprint density at radius 2 is 2.00 bits per heavy atom. The van der Waals surface area contributed by atoms with E-state index in [4.69, 9.17) is 23.2 Å². The summed E-state index contributed by atoms with van der Waals surface area (Å²) in [6, 6.07) is 2.62. The maximum atomic E-state index is 12.7. The molecular formula is C13H19Cl2NO3S2. The third-order valence-corrected chi connectivity index (χ3v) is 6.68. The SMILES string of the molecule is CSCCC(C)N(C)S(=O)(=O)c1cc(Cl)cc(CO)c1Cl. The Hall–Kier alpha value is 0.0200. The Balaban J connectivity index is 3.21. The van der Waals surface area contributed by atoms with Crippen molar-refractivity contribution >= 4 is 45.0 Å². The molecule has 0 aromatic heterocycles. The van der Waals surface area contributed by atoms with Crippen LogP contribution in [0.1, 0.15) is 18.9 Å². The average Bonchev–Trinajstić information content (AvgIpc) is 2.45. The molecule has 0 heterocycles. The summed E-state index contributed by atoms with van der Waals surface area (Å²) in [6.45, 7) is 1.48. The fraction of sp³-hybridized carbons (Fsp3) is 0.538. The normalized spacial score (nSPS) is 13.7. The molecule has 0 amide bonds. The minimum Gasteiger partial charge on any atom is -0.392 e. The summed E-state index contributed by atoms with van der Waals surface area (Å²) in [6.07, 6.45) is 2.71. The number of sulfonamides is 1. The highest BCUT2D eigenvalue weighted by Gasteiger charge is 2.28. The number of halogens is 2. The molecule has 1 N–H and O–H groups in total. The van der Waals surface area contributed by atoms with E-state index in [0.717, 1.165) is 12.2 Å². The van der Waals surface area contributed by atoms with Crippen molar-refractivity contribution in [3.8, 4) is 0 Å². The molecule has 1 aromatic rings. The number of rotatable bonds is 7. The lowest BCUT2D eigenvalue weighted by molar-refractivity contribution is 0.281. The van der Waals surface area contributed by atoms with Crippen LogP contribution in [0, 0.1) is 0 Å². The predicted octanol–water partition coefficient (Wildman–Crippen LogP) is 3.25. The van der Waals surface area contributed by atoms with Crippen LogP contribution in [0.3, 0.4) is 0 Å². The summed E-state index contributed by atoms with van der Waals surface area (Å²) in [5.41, 5.74) is 0.299. The zero-order valence-electron chi connectivity index (χ0n) is 12.1. The van der Waals surface area contributed by atoms with Crippen molar-refractivity contribution in [1.29, 1.82) is 0 Å². The van der Waals surface area contributed by atoms with Gasteiger partial charge >= 0.3 is 0 Å². The van der Waals surface area contributed by atoms with Crippen molar-refractivity contribution in [2.24, 2.45) is 0 Å². The molecule has 4 nitrogen and oxygen atoms in total. The monoisotopic (exact) mass is 371 g/mol. The molecule has 0 bridgehead atoms. The molecule has 0 aliphatic carbocycles. The largest absolute Gasteiger partial charge is 0.392 e. The van der Waals surface area contributed by atoms with Gasteiger partial charge in [0.2, 0.25) is 10.0 Å². The summed E-state index contributed by atoms with van der Waals surface area (Å²) < 4.78 is 26.6. The summed E-state index contributed by atoms with van der Waals surface area (Å²) in [5, 5.41) is 9.49. The number of hydrogen-bond donors (Lipinski definition) is 1. The number of aliphatic hydroxyl groups excluding tert-OH is 1. The van der Waals surface area contributed by atoms with E-state index in [1.807, 2.05) is 13.2 Å². The number of hydrogen-bond acceptors (Lipinski definition) is 4. The van der Waals surface area contributed by atoms with Crippen molar-refractivity contribution in [3.05, 3.63) is 27.7 Å². The lowest BCUT2D eigenvalue weighted by Gasteiger charge is -2.25. The van der Waals surface area contributed by atoms with Crippen molar-refractivity contribution in [2.45, 2.75) is 30.9 Å². The van der Waals surface area contributed by atoms with E-state index in [1.54, 1.807) is 11.8 Å². The molecule has 1 aromatic carbocycles. The second kappa shape index (κ2) is 8.04. The first-order valence-corrected chi connectivity index (χ1v) is 9.90. The highest BCUT2D eigenvalue weighted by Crippen LogP contribution is 2.32. The smallest absolute Gasteiger partial charge is 0.244 e. The first-order valence-electron chi connectivity index (χ1n) is 6.31. The lowest BCUT2D eigenvalue weighted by Crippen LogP contribution is -2.35. The molecule has 0 radical (unpaired) electrons. The van der Waals surface area contributed by atoms with E-state index in [1.165, 1.54) is 23.5 Å². The van der Waals surface area contributed by atoms with Crippen LogP contribution in [0.15, 0.2) is 17.0 Å². The van der Waals surface area contributed by atoms with Crippen LogP contribution >= 0.6 is 35.0 Å². The van der Waals surface area contributed by atoms with Crippen LogP contribution in [0.25, 0.3) is 0 Å². The van der Waals surface area contributed by atoms with Crippen LogP contribution in [-0.2, 0) is 16.6 Å². The second-order valence-corrected chi connectivity index (χ2v) is 8.45. The van der Waals surface area contributed by atoms with Gasteiger partial charge in [-0.25, -0.2) is 8.42 Å². The summed E-state index contributed by atoms with van der Waals surface area (Å²) in [7, 11) is -2.23. The fourth-order valence-electron chi connectivity index (χ4n) is 1.78. The Kier molecular flexibility index (Phi) is 7.30. The second-order valence-electron chi connectivity index (χ2n) is 4.69. The average molecular weight is 372 g/mol. The zero-order valence-corrected chi connectivity index (χ0v) is 15.3. The van der Waals surface area contributed by atoms with Crippen LogP contribution in [0.4, 0.5) is 0 Å². The first kappa shape index (κ1) is 19.1. The van der Waals surface area contributed by atoms with Gasteiger partial charge in [0.05, 0.1) is 11.6 Å². The molecule has 0 fully saturated rings. The third kappa shape index (κ3) is 4.50. The Morgan fingerprint density at radius 3 is 2.52 bits per heavy atom. The van der Waals surface area contributed by atoms with Crippen molar-refractivity contribution < 1.29 is 13.5 Å². The van der Waals surface area contributed by atoms with Gasteiger partial charge < -0.3 is 5.11 Å². The maximum Gasteiger partial charge on any atom is 0.244 e. The quantitative estimate of drug-likeness (QED) is 0.798. The van der Waals surface area contributed by atoms with Crippen LogP contribution in [-0.4, -0.2) is 42.9 Å². The van der Waals surface area contributed by atoms with Crippen LogP contribution in [0.2, 0.25) is 10.0 Å². The molecular weight excluding hydrogens is 353 g/mol. The van der Waals surface area contributed by atoms with Gasteiger partial charge in [-0.3, -0.25) is 0 Å². The van der Waals surface area contributed by atoms with Gasteiger partial charge in [-0.2, -0.15) is 16.1 Å². The van der Waals surface area contributed by atoms with Crippen LogP contribution < -0.4 is 0 Å². The molecule has 0 spiro atoms. The van der Waals surface area contributed by atoms with E-state index in [0.29, 0.717) is 5.56 Å². The predicted molar refractivity (Wildman–Crippen MR) is 89.8 cm³/mol. The van der Waals surface area contributed by atoms with Gasteiger partial charge in [0.1, 0.15) is 4.90 Å². The molecule has 1 unspecified atom stereocenters. The summed E-state index contributed by atoms with van der Waals surface area (Å²) in [5.74, 6) is 0.867. The first-order chi connectivity index (χ1) is 9.75. The fourth-order valence-corrected chi connectivity index (χ4v) is 4.65. The van der Waals surface area contributed by atoms with Crippen LogP contribution in [0.5, 0.6) is 0 Å². The van der Waals surface area contributed by atoms with Gasteiger partial charge in [-0.1, -0.05) is 23.2 Å². The van der Waals surface area contributed by atoms with Gasteiger partial charge in [0.15, 0.2) is 0 Å². The van der Waals surface area contributed by atoms with Gasteiger partial charge in [0.25, 0.3) is 0 Å². The van der Waals surface area contributed by atoms with Crippen molar-refractivity contribution in [3.63, 3.8) is 0 Å². The zero-order chi connectivity index (χ0) is 16.2. The van der Waals surface area contributed by atoms with Gasteiger partial charge in [0, 0.05) is 18.1 Å². The number of thioether (sulfide) groups is 1. The minimum absolute atomic E-state index is 0.0193. The van der Waals surface area contributed by atoms with Crippen molar-refractivity contribution in [2.75, 3.05) is 19.1 Å². The molecule has 1 atom stereocenters. The third-order valence-electron chi connectivity index (χ3n) is 3.27. The molecule has 21 heavy (non-hydrogen) atoms. The summed E-state index contributed by atoms with van der Waals surface area (Å²) in [4.78, 5) is -0.0702. The van der Waals surface area contributed by atoms with Gasteiger partial charge in [-0.05, 0) is 43.0 Å². The highest BCUT2D eigenvalue weighted by molar-refractivity contribution is 7.98. The van der Waals surface area contributed by atoms with E-state index in [2.05, 4.69) is 0 Å². The van der Waals surface area contributed by atoms with E-state index >= 15 is 0 Å².